The Kier molecular flexibility index (Phi) is 8.26. The highest BCUT2D eigenvalue weighted by Crippen LogP contribution is 2.48. The van der Waals surface area contributed by atoms with Crippen LogP contribution in [0.2, 0.25) is 0 Å². The van der Waals surface area contributed by atoms with Crippen molar-refractivity contribution in [3.63, 3.8) is 0 Å². The molecule has 0 bridgehead atoms. The number of rotatable bonds is 6. The molecule has 0 saturated heterocycles. The Bertz CT molecular complexity index is 2940. The summed E-state index contributed by atoms with van der Waals surface area (Å²) in [5, 5.41) is 2.62. The van der Waals surface area contributed by atoms with Crippen LogP contribution in [0.15, 0.2) is 170 Å². The molecule has 0 spiro atoms. The van der Waals surface area contributed by atoms with E-state index in [0.29, 0.717) is 17.5 Å². The number of para-hydroxylation sites is 1. The maximum absolute atomic E-state index is 5.07. The molecule has 0 atom stereocenters. The molecule has 7 aromatic carbocycles. The second-order valence-electron chi connectivity index (χ2n) is 16.8. The predicted molar refractivity (Wildman–Crippen MR) is 237 cm³/mol. The molecule has 2 heterocycles. The number of nitrogens with zero attached hydrogens (tertiary/aromatic N) is 4. The molecule has 2 aromatic heterocycles. The Morgan fingerprint density at radius 2 is 0.842 bits per heavy atom. The highest BCUT2D eigenvalue weighted by Gasteiger charge is 2.37. The Balaban J connectivity index is 1.05. The zero-order valence-corrected chi connectivity index (χ0v) is 32.9. The first-order chi connectivity index (χ1) is 27.7. The summed E-state index contributed by atoms with van der Waals surface area (Å²) in [5.41, 5.74) is 14.3. The van der Waals surface area contributed by atoms with Gasteiger partial charge in [0.05, 0.1) is 11.0 Å². The molecule has 0 saturated carbocycles. The van der Waals surface area contributed by atoms with Crippen LogP contribution in [0.3, 0.4) is 0 Å². The van der Waals surface area contributed by atoms with Crippen LogP contribution < -0.4 is 0 Å². The van der Waals surface area contributed by atoms with Crippen LogP contribution in [0.1, 0.15) is 51.7 Å². The van der Waals surface area contributed by atoms with E-state index in [-0.39, 0.29) is 10.8 Å². The summed E-state index contributed by atoms with van der Waals surface area (Å²) in [7, 11) is 0. The van der Waals surface area contributed by atoms with Crippen molar-refractivity contribution in [3.8, 4) is 62.1 Å². The standard InChI is InChI=1S/C53H44N4/c1-52(2)29-30-53(3,4)46-34-48-44(33-45(46)52)43-23-11-12-24-47(43)57(48)42-22-14-20-40(32-42)36-25-27-38(28-26-36)50-54-49(37-17-9-6-10-18-37)55-51(56-50)41-21-13-19-39(31-41)35-15-7-5-8-16-35/h5-28,31-34H,29-30H2,1-4H3. The topological polar surface area (TPSA) is 43.6 Å². The van der Waals surface area contributed by atoms with Crippen molar-refractivity contribution in [1.29, 1.82) is 0 Å². The predicted octanol–water partition coefficient (Wildman–Crippen LogP) is 13.7. The van der Waals surface area contributed by atoms with E-state index in [1.54, 1.807) is 0 Å². The minimum atomic E-state index is 0.122. The summed E-state index contributed by atoms with van der Waals surface area (Å²) in [5.74, 6) is 1.94. The van der Waals surface area contributed by atoms with Gasteiger partial charge in [0.25, 0.3) is 0 Å². The minimum absolute atomic E-state index is 0.122. The normalized spacial score (nSPS) is 14.5. The highest BCUT2D eigenvalue weighted by atomic mass is 15.0. The molecule has 0 fully saturated rings. The molecule has 276 valence electrons. The van der Waals surface area contributed by atoms with Crippen LogP contribution in [0.5, 0.6) is 0 Å². The van der Waals surface area contributed by atoms with Crippen LogP contribution in [-0.4, -0.2) is 19.5 Å². The molecule has 1 aliphatic carbocycles. The molecule has 9 aromatic rings. The van der Waals surface area contributed by atoms with Gasteiger partial charge in [-0.3, -0.25) is 0 Å². The number of hydrogen-bond donors (Lipinski definition) is 0. The van der Waals surface area contributed by atoms with Gasteiger partial charge >= 0.3 is 0 Å². The smallest absolute Gasteiger partial charge is 0.164 e. The molecule has 0 N–H and O–H groups in total. The van der Waals surface area contributed by atoms with Crippen molar-refractivity contribution < 1.29 is 0 Å². The van der Waals surface area contributed by atoms with Crippen LogP contribution >= 0.6 is 0 Å². The molecular formula is C53H44N4. The van der Waals surface area contributed by atoms with Gasteiger partial charge in [-0.15, -0.1) is 0 Å². The van der Waals surface area contributed by atoms with Gasteiger partial charge in [-0.25, -0.2) is 15.0 Å². The molecule has 0 aliphatic heterocycles. The Hall–Kier alpha value is -6.65. The molecule has 0 unspecified atom stereocenters. The maximum atomic E-state index is 5.07. The number of fused-ring (bicyclic) bond motifs is 4. The molecule has 4 heteroatoms. The quantitative estimate of drug-likeness (QED) is 0.171. The highest BCUT2D eigenvalue weighted by molar-refractivity contribution is 6.10. The van der Waals surface area contributed by atoms with Crippen LogP contribution in [0.25, 0.3) is 83.9 Å². The fourth-order valence-corrected chi connectivity index (χ4v) is 8.76. The monoisotopic (exact) mass is 736 g/mol. The zero-order chi connectivity index (χ0) is 38.7. The Labute approximate surface area is 334 Å². The molecule has 1 aliphatic rings. The summed E-state index contributed by atoms with van der Waals surface area (Å²) in [6.07, 6.45) is 2.38. The fraction of sp³-hybridized carbons (Fsp3) is 0.151. The third-order valence-corrected chi connectivity index (χ3v) is 12.1. The first-order valence-corrected chi connectivity index (χ1v) is 20.0. The molecular weight excluding hydrogens is 693 g/mol. The Morgan fingerprint density at radius 3 is 1.53 bits per heavy atom. The van der Waals surface area contributed by atoms with Gasteiger partial charge in [0.1, 0.15) is 0 Å². The third kappa shape index (κ3) is 6.22. The van der Waals surface area contributed by atoms with E-state index in [1.807, 2.05) is 36.4 Å². The average molecular weight is 737 g/mol. The van der Waals surface area contributed by atoms with Crippen molar-refractivity contribution in [3.05, 3.63) is 181 Å². The van der Waals surface area contributed by atoms with Gasteiger partial charge in [-0.2, -0.15) is 0 Å². The first kappa shape index (κ1) is 34.8. The van der Waals surface area contributed by atoms with Crippen molar-refractivity contribution in [2.24, 2.45) is 0 Å². The SMILES string of the molecule is CC1(C)CCC(C)(C)c2cc3c(cc21)c1ccccc1n3-c1cccc(-c2ccc(-c3nc(-c4ccccc4)nc(-c4cccc(-c5ccccc5)c4)n3)cc2)c1. The molecule has 10 rings (SSSR count). The number of aromatic nitrogens is 4. The summed E-state index contributed by atoms with van der Waals surface area (Å²) in [4.78, 5) is 15.1. The van der Waals surface area contributed by atoms with Crippen LogP contribution in [-0.2, 0) is 10.8 Å². The lowest BCUT2D eigenvalue weighted by Crippen LogP contribution is -2.33. The summed E-state index contributed by atoms with van der Waals surface area (Å²) >= 11 is 0. The maximum Gasteiger partial charge on any atom is 0.164 e. The van der Waals surface area contributed by atoms with E-state index >= 15 is 0 Å². The van der Waals surface area contributed by atoms with Gasteiger partial charge in [0.15, 0.2) is 17.5 Å². The summed E-state index contributed by atoms with van der Waals surface area (Å²) in [6.45, 7) is 9.64. The molecule has 0 radical (unpaired) electrons. The summed E-state index contributed by atoms with van der Waals surface area (Å²) < 4.78 is 2.46. The first-order valence-electron chi connectivity index (χ1n) is 20.0. The lowest BCUT2D eigenvalue weighted by Gasteiger charge is -2.42. The van der Waals surface area contributed by atoms with Crippen molar-refractivity contribution in [2.75, 3.05) is 0 Å². The van der Waals surface area contributed by atoms with Crippen LogP contribution in [0.4, 0.5) is 0 Å². The lowest BCUT2D eigenvalue weighted by molar-refractivity contribution is 0.332. The van der Waals surface area contributed by atoms with E-state index < -0.39 is 0 Å². The van der Waals surface area contributed by atoms with Gasteiger partial charge in [0, 0.05) is 33.2 Å². The van der Waals surface area contributed by atoms with E-state index in [4.69, 9.17) is 15.0 Å². The second kappa shape index (κ2) is 13.5. The summed E-state index contributed by atoms with van der Waals surface area (Å²) in [6, 6.07) is 60.4. The van der Waals surface area contributed by atoms with E-state index in [2.05, 4.69) is 166 Å². The van der Waals surface area contributed by atoms with E-state index in [9.17, 15) is 0 Å². The van der Waals surface area contributed by atoms with Crippen molar-refractivity contribution in [1.82, 2.24) is 19.5 Å². The second-order valence-corrected chi connectivity index (χ2v) is 16.8. The molecule has 4 nitrogen and oxygen atoms in total. The van der Waals surface area contributed by atoms with Gasteiger partial charge < -0.3 is 4.57 Å². The zero-order valence-electron chi connectivity index (χ0n) is 32.9. The number of benzene rings is 7. The third-order valence-electron chi connectivity index (χ3n) is 12.1. The van der Waals surface area contributed by atoms with E-state index in [0.717, 1.165) is 44.6 Å². The van der Waals surface area contributed by atoms with Crippen LogP contribution in [0, 0.1) is 0 Å². The number of hydrogen-bond acceptors (Lipinski definition) is 3. The fourth-order valence-electron chi connectivity index (χ4n) is 8.76. The Morgan fingerprint density at radius 1 is 0.368 bits per heavy atom. The van der Waals surface area contributed by atoms with Crippen molar-refractivity contribution >= 4 is 21.8 Å². The largest absolute Gasteiger partial charge is 0.309 e. The van der Waals surface area contributed by atoms with Gasteiger partial charge in [-0.1, -0.05) is 161 Å². The minimum Gasteiger partial charge on any atom is -0.309 e. The van der Waals surface area contributed by atoms with E-state index in [1.165, 1.54) is 45.8 Å². The van der Waals surface area contributed by atoms with Gasteiger partial charge in [-0.05, 0) is 93.5 Å². The molecule has 57 heavy (non-hydrogen) atoms. The van der Waals surface area contributed by atoms with Gasteiger partial charge in [0.2, 0.25) is 0 Å². The molecule has 0 amide bonds. The van der Waals surface area contributed by atoms with Crippen molar-refractivity contribution in [2.45, 2.75) is 51.4 Å². The average Bonchev–Trinajstić information content (AvgIpc) is 3.59. The lowest BCUT2D eigenvalue weighted by atomic mass is 9.63.